The lowest BCUT2D eigenvalue weighted by molar-refractivity contribution is -0.126. The highest BCUT2D eigenvalue weighted by Crippen LogP contribution is 2.24. The topological polar surface area (TPSA) is 49.3 Å². The van der Waals surface area contributed by atoms with Gasteiger partial charge in [-0.2, -0.15) is 0 Å². The van der Waals surface area contributed by atoms with Gasteiger partial charge in [-0.05, 0) is 25.7 Å². The Morgan fingerprint density at radius 2 is 1.87 bits per heavy atom. The number of amides is 1. The summed E-state index contributed by atoms with van der Waals surface area (Å²) < 4.78 is 0. The molecule has 0 bridgehead atoms. The molecule has 15 heavy (non-hydrogen) atoms. The summed E-state index contributed by atoms with van der Waals surface area (Å²) in [7, 11) is 0. The summed E-state index contributed by atoms with van der Waals surface area (Å²) in [6, 6.07) is 0. The summed E-state index contributed by atoms with van der Waals surface area (Å²) in [6.45, 7) is 4.30. The molecule has 1 aliphatic carbocycles. The minimum absolute atomic E-state index is 0.132. The zero-order valence-corrected chi connectivity index (χ0v) is 9.88. The van der Waals surface area contributed by atoms with E-state index in [4.69, 9.17) is 0 Å². The number of rotatable bonds is 5. The highest BCUT2D eigenvalue weighted by Gasteiger charge is 2.26. The lowest BCUT2D eigenvalue weighted by Crippen LogP contribution is -2.43. The molecule has 0 spiro atoms. The predicted molar refractivity (Wildman–Crippen MR) is 60.5 cm³/mol. The van der Waals surface area contributed by atoms with Crippen LogP contribution in [0.15, 0.2) is 0 Å². The van der Waals surface area contributed by atoms with Crippen LogP contribution in [-0.4, -0.2) is 23.2 Å². The molecule has 3 heteroatoms. The minimum Gasteiger partial charge on any atom is -0.388 e. The van der Waals surface area contributed by atoms with Gasteiger partial charge in [-0.3, -0.25) is 4.79 Å². The molecule has 1 saturated carbocycles. The van der Waals surface area contributed by atoms with E-state index >= 15 is 0 Å². The maximum Gasteiger partial charge on any atom is 0.223 e. The molecule has 0 aliphatic heterocycles. The Kier molecular flexibility index (Phi) is 4.58. The molecule has 1 rings (SSSR count). The summed E-state index contributed by atoms with van der Waals surface area (Å²) in [5.74, 6) is 0.329. The Morgan fingerprint density at radius 1 is 1.33 bits per heavy atom. The van der Waals surface area contributed by atoms with Crippen LogP contribution in [0.5, 0.6) is 0 Å². The van der Waals surface area contributed by atoms with E-state index in [0.29, 0.717) is 19.4 Å². The molecule has 0 aromatic carbocycles. The van der Waals surface area contributed by atoms with E-state index in [1.807, 2.05) is 13.8 Å². The van der Waals surface area contributed by atoms with E-state index in [-0.39, 0.29) is 11.8 Å². The fourth-order valence-corrected chi connectivity index (χ4v) is 2.08. The summed E-state index contributed by atoms with van der Waals surface area (Å²) in [5.41, 5.74) is -0.714. The number of aliphatic hydroxyl groups is 1. The first-order valence-electron chi connectivity index (χ1n) is 6.11. The van der Waals surface area contributed by atoms with Crippen LogP contribution < -0.4 is 5.32 Å². The Hall–Kier alpha value is -0.570. The van der Waals surface area contributed by atoms with Crippen LogP contribution in [0.1, 0.15) is 52.4 Å². The summed E-state index contributed by atoms with van der Waals surface area (Å²) in [4.78, 5) is 11.7. The fraction of sp³-hybridized carbons (Fsp3) is 0.917. The van der Waals surface area contributed by atoms with Gasteiger partial charge in [0.1, 0.15) is 0 Å². The molecular weight excluding hydrogens is 190 g/mol. The van der Waals surface area contributed by atoms with Gasteiger partial charge in [0.05, 0.1) is 5.60 Å². The SMILES string of the molecule is CCC(O)(CC)CNC(=O)C1CCCC1. The third-order valence-corrected chi connectivity index (χ3v) is 3.63. The molecule has 88 valence electrons. The summed E-state index contributed by atoms with van der Waals surface area (Å²) >= 11 is 0. The van der Waals surface area contributed by atoms with Gasteiger partial charge < -0.3 is 10.4 Å². The van der Waals surface area contributed by atoms with Gasteiger partial charge in [-0.1, -0.05) is 26.7 Å². The number of nitrogens with one attached hydrogen (secondary N) is 1. The lowest BCUT2D eigenvalue weighted by atomic mass is 9.97. The van der Waals surface area contributed by atoms with Crippen LogP contribution in [0.4, 0.5) is 0 Å². The third kappa shape index (κ3) is 3.49. The smallest absolute Gasteiger partial charge is 0.223 e. The van der Waals surface area contributed by atoms with Crippen LogP contribution in [0, 0.1) is 5.92 Å². The highest BCUT2D eigenvalue weighted by atomic mass is 16.3. The first kappa shape index (κ1) is 12.5. The van der Waals surface area contributed by atoms with E-state index < -0.39 is 5.60 Å². The van der Waals surface area contributed by atoms with E-state index in [0.717, 1.165) is 12.8 Å². The van der Waals surface area contributed by atoms with Gasteiger partial charge in [0.2, 0.25) is 5.91 Å². The van der Waals surface area contributed by atoms with Crippen molar-refractivity contribution >= 4 is 5.91 Å². The zero-order valence-electron chi connectivity index (χ0n) is 9.88. The van der Waals surface area contributed by atoms with E-state index in [1.54, 1.807) is 0 Å². The summed E-state index contributed by atoms with van der Waals surface area (Å²) in [6.07, 6.45) is 5.75. The van der Waals surface area contributed by atoms with Gasteiger partial charge in [0.15, 0.2) is 0 Å². The van der Waals surface area contributed by atoms with Gasteiger partial charge in [-0.15, -0.1) is 0 Å². The van der Waals surface area contributed by atoms with Crippen LogP contribution in [0.3, 0.4) is 0 Å². The van der Waals surface area contributed by atoms with Gasteiger partial charge in [-0.25, -0.2) is 0 Å². The first-order valence-corrected chi connectivity index (χ1v) is 6.11. The number of hydrogen-bond donors (Lipinski definition) is 2. The average Bonchev–Trinajstić information content (AvgIpc) is 2.79. The second-order valence-corrected chi connectivity index (χ2v) is 4.63. The Bertz CT molecular complexity index is 206. The molecule has 0 heterocycles. The normalized spacial score (nSPS) is 18.1. The molecule has 0 radical (unpaired) electrons. The van der Waals surface area contributed by atoms with Crippen LogP contribution >= 0.6 is 0 Å². The average molecular weight is 213 g/mol. The van der Waals surface area contributed by atoms with Crippen molar-refractivity contribution in [2.75, 3.05) is 6.54 Å². The lowest BCUT2D eigenvalue weighted by Gasteiger charge is -2.26. The maximum atomic E-state index is 11.7. The largest absolute Gasteiger partial charge is 0.388 e. The molecule has 0 aromatic heterocycles. The van der Waals surface area contributed by atoms with E-state index in [9.17, 15) is 9.90 Å². The number of hydrogen-bond acceptors (Lipinski definition) is 2. The second-order valence-electron chi connectivity index (χ2n) is 4.63. The fourth-order valence-electron chi connectivity index (χ4n) is 2.08. The van der Waals surface area contributed by atoms with Gasteiger partial charge in [0, 0.05) is 12.5 Å². The second kappa shape index (κ2) is 5.50. The Labute approximate surface area is 92.3 Å². The number of carbonyl (C=O) groups is 1. The third-order valence-electron chi connectivity index (χ3n) is 3.63. The van der Waals surface area contributed by atoms with Crippen molar-refractivity contribution in [1.82, 2.24) is 5.32 Å². The number of carbonyl (C=O) groups excluding carboxylic acids is 1. The molecule has 1 amide bonds. The van der Waals surface area contributed by atoms with Crippen molar-refractivity contribution < 1.29 is 9.90 Å². The van der Waals surface area contributed by atoms with E-state index in [1.165, 1.54) is 12.8 Å². The quantitative estimate of drug-likeness (QED) is 0.732. The predicted octanol–water partition coefficient (Wildman–Crippen LogP) is 1.84. The molecule has 0 atom stereocenters. The van der Waals surface area contributed by atoms with Crippen molar-refractivity contribution in [3.8, 4) is 0 Å². The highest BCUT2D eigenvalue weighted by molar-refractivity contribution is 5.78. The van der Waals surface area contributed by atoms with Gasteiger partial charge in [0.25, 0.3) is 0 Å². The van der Waals surface area contributed by atoms with E-state index in [2.05, 4.69) is 5.32 Å². The van der Waals surface area contributed by atoms with Crippen LogP contribution in [0.25, 0.3) is 0 Å². The molecule has 1 aliphatic rings. The molecule has 2 N–H and O–H groups in total. The van der Waals surface area contributed by atoms with Gasteiger partial charge >= 0.3 is 0 Å². The Balaban J connectivity index is 2.32. The van der Waals surface area contributed by atoms with Crippen molar-refractivity contribution in [3.05, 3.63) is 0 Å². The van der Waals surface area contributed by atoms with Crippen molar-refractivity contribution in [2.24, 2.45) is 5.92 Å². The Morgan fingerprint density at radius 3 is 2.33 bits per heavy atom. The van der Waals surface area contributed by atoms with Crippen molar-refractivity contribution in [2.45, 2.75) is 58.0 Å². The maximum absolute atomic E-state index is 11.7. The van der Waals surface area contributed by atoms with Crippen LogP contribution in [-0.2, 0) is 4.79 Å². The standard InChI is InChI=1S/C12H23NO2/c1-3-12(15,4-2)9-13-11(14)10-7-5-6-8-10/h10,15H,3-9H2,1-2H3,(H,13,14). The molecule has 0 unspecified atom stereocenters. The first-order chi connectivity index (χ1) is 7.11. The monoisotopic (exact) mass is 213 g/mol. The van der Waals surface area contributed by atoms with Crippen molar-refractivity contribution in [3.63, 3.8) is 0 Å². The molecule has 1 fully saturated rings. The zero-order chi connectivity index (χ0) is 11.3. The minimum atomic E-state index is -0.714. The summed E-state index contributed by atoms with van der Waals surface area (Å²) in [5, 5.41) is 12.9. The molecular formula is C12H23NO2. The molecule has 0 aromatic rings. The molecule has 3 nitrogen and oxygen atoms in total. The van der Waals surface area contributed by atoms with Crippen molar-refractivity contribution in [1.29, 1.82) is 0 Å². The van der Waals surface area contributed by atoms with Crippen LogP contribution in [0.2, 0.25) is 0 Å². The molecule has 0 saturated heterocycles.